The smallest absolute Gasteiger partial charge is 0.326 e. The Morgan fingerprint density at radius 3 is 2.62 bits per heavy atom. The fourth-order valence-corrected chi connectivity index (χ4v) is 7.85. The van der Waals surface area contributed by atoms with Crippen LogP contribution in [0.5, 0.6) is 0 Å². The molecule has 0 bridgehead atoms. The molecule has 7 atom stereocenters. The highest BCUT2D eigenvalue weighted by molar-refractivity contribution is 5.96. The molecule has 0 spiro atoms. The maximum Gasteiger partial charge on any atom is 0.326 e. The molecular weight excluding hydrogens is 474 g/mol. The Labute approximate surface area is 218 Å². The third-order valence-electron chi connectivity index (χ3n) is 10.1. The lowest BCUT2D eigenvalue weighted by molar-refractivity contribution is -0.142. The Morgan fingerprint density at radius 1 is 1.22 bits per heavy atom. The van der Waals surface area contributed by atoms with Gasteiger partial charge >= 0.3 is 5.97 Å². The molecule has 0 radical (unpaired) electrons. The lowest BCUT2D eigenvalue weighted by atomic mass is 9.46. The maximum atomic E-state index is 12.1. The van der Waals surface area contributed by atoms with Crippen LogP contribution in [0.3, 0.4) is 0 Å². The van der Waals surface area contributed by atoms with Gasteiger partial charge in [-0.3, -0.25) is 9.59 Å². The van der Waals surface area contributed by atoms with Crippen LogP contribution in [0.2, 0.25) is 0 Å². The highest BCUT2D eigenvalue weighted by Gasteiger charge is 2.63. The van der Waals surface area contributed by atoms with Crippen molar-refractivity contribution in [2.45, 2.75) is 89.7 Å². The van der Waals surface area contributed by atoms with Crippen LogP contribution in [0, 0.1) is 40.9 Å². The summed E-state index contributed by atoms with van der Waals surface area (Å²) < 4.78 is 0. The molecule has 5 N–H and O–H groups in total. The summed E-state index contributed by atoms with van der Waals surface area (Å²) in [6, 6.07) is -1.21. The molecule has 4 aliphatic rings. The number of hydrogen-bond donors (Lipinski definition) is 4. The van der Waals surface area contributed by atoms with E-state index in [1.54, 1.807) is 0 Å². The van der Waals surface area contributed by atoms with Crippen molar-refractivity contribution in [1.29, 1.82) is 0 Å². The predicted molar refractivity (Wildman–Crippen MR) is 137 cm³/mol. The predicted octanol–water partition coefficient (Wildman–Crippen LogP) is 2.52. The Balaban J connectivity index is 1.37. The first-order chi connectivity index (χ1) is 17.4. The molecule has 9 nitrogen and oxygen atoms in total. The van der Waals surface area contributed by atoms with E-state index < -0.39 is 36.0 Å². The van der Waals surface area contributed by atoms with Crippen LogP contribution in [0.4, 0.5) is 0 Å². The normalized spacial score (nSPS) is 38.3. The minimum atomic E-state index is -1.24. The average molecular weight is 514 g/mol. The van der Waals surface area contributed by atoms with Gasteiger partial charge in [-0.1, -0.05) is 30.5 Å². The van der Waals surface area contributed by atoms with E-state index >= 15 is 0 Å². The molecule has 0 saturated heterocycles. The van der Waals surface area contributed by atoms with E-state index in [4.69, 9.17) is 17.0 Å². The van der Waals surface area contributed by atoms with E-state index in [9.17, 15) is 24.6 Å². The summed E-state index contributed by atoms with van der Waals surface area (Å²) in [5, 5.41) is 26.9. The van der Waals surface area contributed by atoms with E-state index in [1.807, 2.05) is 0 Å². The van der Waals surface area contributed by atoms with Gasteiger partial charge in [0.05, 0.1) is 5.71 Å². The second-order valence-corrected chi connectivity index (χ2v) is 11.8. The van der Waals surface area contributed by atoms with Gasteiger partial charge < -0.3 is 26.1 Å². The van der Waals surface area contributed by atoms with E-state index in [-0.39, 0.29) is 23.7 Å². The number of nitrogens with two attached hydrogens (primary N) is 1. The standard InChI is InChI=1S/C28H39N3O6/c1-4-28(36)14-11-21-19-6-5-17-15-18(9-12-26(17,2)20(19)10-13-27(21,28)3)31-37-16-24(33)30-22(25(34)35)7-8-23(29)32/h1,15,19-22,36H,5-14,16H2,2-3H3,(H2,29,32)(H,30,33)(H,34,35)/t19-,20-,21-,22+,26+,27+,28-/m1/s1. The number of nitrogens with one attached hydrogen (secondary N) is 1. The van der Waals surface area contributed by atoms with Crippen molar-refractivity contribution >= 4 is 23.5 Å². The first kappa shape index (κ1) is 27.2. The Bertz CT molecular complexity index is 1060. The van der Waals surface area contributed by atoms with E-state index in [0.717, 1.165) is 50.7 Å². The van der Waals surface area contributed by atoms with Crippen LogP contribution in [0.25, 0.3) is 0 Å². The van der Waals surface area contributed by atoms with Gasteiger partial charge in [0.25, 0.3) is 5.91 Å². The zero-order valence-corrected chi connectivity index (χ0v) is 21.8. The third kappa shape index (κ3) is 4.88. The molecule has 2 amide bonds. The van der Waals surface area contributed by atoms with Crippen molar-refractivity contribution in [2.24, 2.45) is 39.5 Å². The summed E-state index contributed by atoms with van der Waals surface area (Å²) in [7, 11) is 0. The number of carboxylic acid groups (broad SMARTS) is 1. The largest absolute Gasteiger partial charge is 0.480 e. The van der Waals surface area contributed by atoms with Crippen molar-refractivity contribution < 1.29 is 29.4 Å². The molecule has 0 unspecified atom stereocenters. The minimum absolute atomic E-state index is 0.0760. The molecule has 0 aromatic rings. The molecular formula is C28H39N3O6. The number of hydrogen-bond acceptors (Lipinski definition) is 6. The summed E-state index contributed by atoms with van der Waals surface area (Å²) in [5.41, 5.74) is 6.08. The zero-order chi connectivity index (χ0) is 27.0. The molecule has 9 heteroatoms. The van der Waals surface area contributed by atoms with Gasteiger partial charge in [0, 0.05) is 11.8 Å². The molecule has 0 aromatic heterocycles. The molecule has 3 saturated carbocycles. The fourth-order valence-electron chi connectivity index (χ4n) is 7.85. The summed E-state index contributed by atoms with van der Waals surface area (Å²) in [6.45, 7) is 4.15. The Kier molecular flexibility index (Phi) is 7.44. The lowest BCUT2D eigenvalue weighted by Crippen LogP contribution is -2.54. The number of carboxylic acids is 1. The number of aliphatic hydroxyl groups is 1. The SMILES string of the molecule is C#C[C@@]1(O)CC[C@@H]2[C@@H]3CCC4=CC(=NOCC(=O)N[C@@H](CCC(N)=O)C(=O)O)CC[C@]4(C)[C@@H]3CC[C@@]21C. The first-order valence-electron chi connectivity index (χ1n) is 13.3. The van der Waals surface area contributed by atoms with E-state index in [2.05, 4.69) is 36.3 Å². The number of allylic oxidation sites excluding steroid dienone is 2. The number of nitrogens with zero attached hydrogens (tertiary/aromatic N) is 1. The molecule has 0 aliphatic heterocycles. The van der Waals surface area contributed by atoms with E-state index in [1.165, 1.54) is 5.57 Å². The van der Waals surface area contributed by atoms with Crippen LogP contribution < -0.4 is 11.1 Å². The number of primary amides is 1. The summed E-state index contributed by atoms with van der Waals surface area (Å²) >= 11 is 0. The highest BCUT2D eigenvalue weighted by Crippen LogP contribution is 2.67. The number of amides is 2. The molecule has 202 valence electrons. The van der Waals surface area contributed by atoms with Crippen molar-refractivity contribution in [3.8, 4) is 12.3 Å². The number of oxime groups is 1. The summed E-state index contributed by atoms with van der Waals surface area (Å²) in [6.07, 6.45) is 15.1. The topological polar surface area (TPSA) is 151 Å². The quantitative estimate of drug-likeness (QED) is 0.289. The van der Waals surface area contributed by atoms with Crippen LogP contribution in [-0.4, -0.2) is 52.0 Å². The first-order valence-corrected chi connectivity index (χ1v) is 13.3. The number of fused-ring (bicyclic) bond motifs is 5. The van der Waals surface area contributed by atoms with Gasteiger partial charge in [0.2, 0.25) is 5.91 Å². The van der Waals surface area contributed by atoms with Crippen LogP contribution in [0.1, 0.15) is 78.1 Å². The number of terminal acetylenes is 1. The van der Waals surface area contributed by atoms with Crippen molar-refractivity contribution in [3.63, 3.8) is 0 Å². The van der Waals surface area contributed by atoms with Gasteiger partial charge in [-0.25, -0.2) is 4.79 Å². The number of aliphatic carboxylic acids is 1. The molecule has 0 heterocycles. The zero-order valence-electron chi connectivity index (χ0n) is 21.8. The van der Waals surface area contributed by atoms with Crippen molar-refractivity contribution in [3.05, 3.63) is 11.6 Å². The van der Waals surface area contributed by atoms with Crippen LogP contribution in [0.15, 0.2) is 16.8 Å². The average Bonchev–Trinajstić information content (AvgIpc) is 3.12. The highest BCUT2D eigenvalue weighted by atomic mass is 16.6. The number of rotatable bonds is 8. The maximum absolute atomic E-state index is 12.1. The van der Waals surface area contributed by atoms with E-state index in [0.29, 0.717) is 24.2 Å². The van der Waals surface area contributed by atoms with Gasteiger partial charge in [-0.05, 0) is 87.0 Å². The van der Waals surface area contributed by atoms with Crippen molar-refractivity contribution in [2.75, 3.05) is 6.61 Å². The molecule has 4 rings (SSSR count). The van der Waals surface area contributed by atoms with Gasteiger partial charge in [-0.2, -0.15) is 0 Å². The molecule has 37 heavy (non-hydrogen) atoms. The number of carbonyl (C=O) groups excluding carboxylic acids is 2. The van der Waals surface area contributed by atoms with Crippen molar-refractivity contribution in [1.82, 2.24) is 5.32 Å². The molecule has 0 aromatic carbocycles. The Morgan fingerprint density at radius 2 is 1.95 bits per heavy atom. The van der Waals surface area contributed by atoms with Gasteiger partial charge in [0.15, 0.2) is 6.61 Å². The number of carbonyl (C=O) groups is 3. The molecule has 3 fully saturated rings. The fraction of sp³-hybridized carbons (Fsp3) is 0.714. The van der Waals surface area contributed by atoms with Crippen LogP contribution in [-0.2, 0) is 19.2 Å². The van der Waals surface area contributed by atoms with Gasteiger partial charge in [-0.15, -0.1) is 6.42 Å². The summed E-state index contributed by atoms with van der Waals surface area (Å²) in [5.74, 6) is 1.80. The second kappa shape index (κ2) is 10.1. The van der Waals surface area contributed by atoms with Crippen LogP contribution >= 0.6 is 0 Å². The third-order valence-corrected chi connectivity index (χ3v) is 10.1. The van der Waals surface area contributed by atoms with Gasteiger partial charge in [0.1, 0.15) is 11.6 Å². The minimum Gasteiger partial charge on any atom is -0.480 e. The molecule has 4 aliphatic carbocycles. The lowest BCUT2D eigenvalue weighted by Gasteiger charge is -2.58. The second-order valence-electron chi connectivity index (χ2n) is 11.8. The summed E-state index contributed by atoms with van der Waals surface area (Å²) in [4.78, 5) is 39.6. The monoisotopic (exact) mass is 513 g/mol. The Hall–Kier alpha value is -2.86.